The minimum Gasteiger partial charge on any atom is -0.356 e. The summed E-state index contributed by atoms with van der Waals surface area (Å²) in [5, 5.41) is 3.69. The van der Waals surface area contributed by atoms with Gasteiger partial charge in [0.2, 0.25) is 11.8 Å². The van der Waals surface area contributed by atoms with E-state index in [1.54, 1.807) is 4.90 Å². The number of hydrogen-bond acceptors (Lipinski definition) is 7. The maximum Gasteiger partial charge on any atom is 0.273 e. The summed E-state index contributed by atoms with van der Waals surface area (Å²) in [7, 11) is 0. The van der Waals surface area contributed by atoms with Gasteiger partial charge in [-0.3, -0.25) is 19.0 Å². The van der Waals surface area contributed by atoms with Crippen LogP contribution >= 0.6 is 11.3 Å². The van der Waals surface area contributed by atoms with Crippen molar-refractivity contribution in [1.29, 1.82) is 0 Å². The number of anilines is 1. The molecule has 10 heteroatoms. The summed E-state index contributed by atoms with van der Waals surface area (Å²) in [4.78, 5) is 51.4. The van der Waals surface area contributed by atoms with Crippen LogP contribution in [-0.4, -0.2) is 57.4 Å². The lowest BCUT2D eigenvalue weighted by Crippen LogP contribution is -2.43. The first-order valence-electron chi connectivity index (χ1n) is 12.3. The van der Waals surface area contributed by atoms with E-state index in [9.17, 15) is 14.4 Å². The molecule has 4 heterocycles. The van der Waals surface area contributed by atoms with Crippen LogP contribution in [0.2, 0.25) is 0 Å². The van der Waals surface area contributed by atoms with Gasteiger partial charge >= 0.3 is 0 Å². The number of amides is 2. The van der Waals surface area contributed by atoms with E-state index in [-0.39, 0.29) is 29.8 Å². The number of carbonyl (C=O) groups excluding carboxylic acids is 2. The SMILES string of the molecule is CCCNC(=O)[C@@H]1CCCN(c2nc3ncn(CC(=O)N4CCc5ccccc5C4)c(=O)c3s2)C1. The van der Waals surface area contributed by atoms with Crippen molar-refractivity contribution < 1.29 is 9.59 Å². The molecule has 0 spiro atoms. The van der Waals surface area contributed by atoms with Crippen molar-refractivity contribution in [3.63, 3.8) is 0 Å². The molecule has 0 unspecified atom stereocenters. The third-order valence-electron chi connectivity index (χ3n) is 6.77. The molecule has 35 heavy (non-hydrogen) atoms. The first kappa shape index (κ1) is 23.5. The van der Waals surface area contributed by atoms with Crippen LogP contribution in [0.5, 0.6) is 0 Å². The molecule has 0 bridgehead atoms. The second kappa shape index (κ2) is 10.2. The first-order valence-corrected chi connectivity index (χ1v) is 13.1. The second-order valence-corrected chi connectivity index (χ2v) is 10.2. The van der Waals surface area contributed by atoms with E-state index in [4.69, 9.17) is 0 Å². The highest BCUT2D eigenvalue weighted by molar-refractivity contribution is 7.22. The predicted octanol–water partition coefficient (Wildman–Crippen LogP) is 2.18. The standard InChI is InChI=1S/C25H30N6O3S/c1-2-10-26-23(33)19-8-5-11-30(14-19)25-28-22-21(35-25)24(34)31(16-27-22)15-20(32)29-12-9-17-6-3-4-7-18(17)13-29/h3-4,6-7,16,19H,2,5,8-15H2,1H3,(H,26,33)/t19-/m1/s1. The van der Waals surface area contributed by atoms with E-state index < -0.39 is 0 Å². The third kappa shape index (κ3) is 4.93. The number of piperidine rings is 1. The second-order valence-electron chi connectivity index (χ2n) is 9.24. The van der Waals surface area contributed by atoms with E-state index in [0.717, 1.165) is 37.8 Å². The molecule has 2 amide bonds. The number of rotatable bonds is 6. The van der Waals surface area contributed by atoms with E-state index >= 15 is 0 Å². The minimum atomic E-state index is -0.251. The van der Waals surface area contributed by atoms with Gasteiger partial charge in [-0.2, -0.15) is 4.98 Å². The van der Waals surface area contributed by atoms with Crippen molar-refractivity contribution >= 4 is 38.6 Å². The number of benzene rings is 1. The zero-order valence-electron chi connectivity index (χ0n) is 19.9. The van der Waals surface area contributed by atoms with Gasteiger partial charge in [0.1, 0.15) is 17.6 Å². The highest BCUT2D eigenvalue weighted by Crippen LogP contribution is 2.29. The van der Waals surface area contributed by atoms with Gasteiger partial charge in [-0.05, 0) is 36.8 Å². The average Bonchev–Trinajstić information content (AvgIpc) is 3.34. The topological polar surface area (TPSA) is 100 Å². The Morgan fingerprint density at radius 1 is 1.20 bits per heavy atom. The van der Waals surface area contributed by atoms with Gasteiger partial charge in [-0.1, -0.05) is 42.5 Å². The summed E-state index contributed by atoms with van der Waals surface area (Å²) in [5.74, 6) is -0.0966. The molecule has 0 radical (unpaired) electrons. The van der Waals surface area contributed by atoms with Gasteiger partial charge in [-0.15, -0.1) is 0 Å². The van der Waals surface area contributed by atoms with E-state index in [1.165, 1.54) is 27.8 Å². The Labute approximate surface area is 207 Å². The molecule has 2 aromatic heterocycles. The lowest BCUT2D eigenvalue weighted by Gasteiger charge is -2.31. The summed E-state index contributed by atoms with van der Waals surface area (Å²) in [6.07, 6.45) is 4.89. The molecular formula is C25H30N6O3S. The van der Waals surface area contributed by atoms with Gasteiger partial charge in [0.25, 0.3) is 5.56 Å². The highest BCUT2D eigenvalue weighted by atomic mass is 32.1. The van der Waals surface area contributed by atoms with Gasteiger partial charge in [0.05, 0.1) is 5.92 Å². The summed E-state index contributed by atoms with van der Waals surface area (Å²) in [6.45, 7) is 5.26. The molecule has 5 rings (SSSR count). The lowest BCUT2D eigenvalue weighted by atomic mass is 9.97. The average molecular weight is 495 g/mol. The summed E-state index contributed by atoms with van der Waals surface area (Å²) >= 11 is 1.29. The van der Waals surface area contributed by atoms with Crippen molar-refractivity contribution in [2.75, 3.05) is 31.1 Å². The van der Waals surface area contributed by atoms with E-state index in [0.29, 0.717) is 41.7 Å². The molecule has 0 aliphatic carbocycles. The molecule has 1 atom stereocenters. The molecule has 1 saturated heterocycles. The predicted molar refractivity (Wildman–Crippen MR) is 135 cm³/mol. The molecule has 2 aliphatic heterocycles. The fourth-order valence-electron chi connectivity index (χ4n) is 4.79. The van der Waals surface area contributed by atoms with Crippen LogP contribution in [0.15, 0.2) is 35.4 Å². The monoisotopic (exact) mass is 494 g/mol. The zero-order valence-corrected chi connectivity index (χ0v) is 20.7. The quantitative estimate of drug-likeness (QED) is 0.564. The van der Waals surface area contributed by atoms with Crippen molar-refractivity contribution in [2.24, 2.45) is 5.92 Å². The largest absolute Gasteiger partial charge is 0.356 e. The lowest BCUT2D eigenvalue weighted by molar-refractivity contribution is -0.132. The Morgan fingerprint density at radius 2 is 2.03 bits per heavy atom. The molecule has 1 fully saturated rings. The molecule has 0 saturated carbocycles. The molecular weight excluding hydrogens is 464 g/mol. The van der Waals surface area contributed by atoms with Crippen LogP contribution in [0.25, 0.3) is 10.3 Å². The maximum atomic E-state index is 13.2. The number of carbonyl (C=O) groups is 2. The van der Waals surface area contributed by atoms with Crippen molar-refractivity contribution in [2.45, 2.75) is 45.7 Å². The summed E-state index contributed by atoms with van der Waals surface area (Å²) in [6, 6.07) is 8.15. The summed E-state index contributed by atoms with van der Waals surface area (Å²) < 4.78 is 1.82. The third-order valence-corrected chi connectivity index (χ3v) is 7.87. The van der Waals surface area contributed by atoms with Gasteiger partial charge in [0.15, 0.2) is 10.8 Å². The highest BCUT2D eigenvalue weighted by Gasteiger charge is 2.28. The Morgan fingerprint density at radius 3 is 2.86 bits per heavy atom. The van der Waals surface area contributed by atoms with E-state index in [1.807, 2.05) is 25.1 Å². The van der Waals surface area contributed by atoms with Crippen molar-refractivity contribution in [3.8, 4) is 0 Å². The Kier molecular flexibility index (Phi) is 6.81. The molecule has 3 aromatic rings. The van der Waals surface area contributed by atoms with Crippen molar-refractivity contribution in [3.05, 3.63) is 52.1 Å². The molecule has 9 nitrogen and oxygen atoms in total. The number of nitrogens with one attached hydrogen (secondary N) is 1. The van der Waals surface area contributed by atoms with Gasteiger partial charge in [0, 0.05) is 32.7 Å². The van der Waals surface area contributed by atoms with Gasteiger partial charge in [-0.25, -0.2) is 4.98 Å². The van der Waals surface area contributed by atoms with Crippen molar-refractivity contribution in [1.82, 2.24) is 24.8 Å². The number of thiazole rings is 1. The smallest absolute Gasteiger partial charge is 0.273 e. The Balaban J connectivity index is 1.30. The van der Waals surface area contributed by atoms with Crippen LogP contribution in [0, 0.1) is 5.92 Å². The fourth-order valence-corrected chi connectivity index (χ4v) is 5.80. The first-order chi connectivity index (χ1) is 17.0. The van der Waals surface area contributed by atoms with Gasteiger partial charge < -0.3 is 15.1 Å². The van der Waals surface area contributed by atoms with E-state index in [2.05, 4.69) is 26.3 Å². The minimum absolute atomic E-state index is 0.0411. The molecule has 1 N–H and O–H groups in total. The zero-order chi connectivity index (χ0) is 24.4. The molecule has 184 valence electrons. The number of nitrogens with zero attached hydrogens (tertiary/aromatic N) is 5. The number of hydrogen-bond donors (Lipinski definition) is 1. The van der Waals surface area contributed by atoms with Crippen LogP contribution in [0.3, 0.4) is 0 Å². The molecule has 1 aromatic carbocycles. The van der Waals surface area contributed by atoms with Crippen LogP contribution in [0.4, 0.5) is 5.13 Å². The van der Waals surface area contributed by atoms with Crippen LogP contribution in [-0.2, 0) is 29.1 Å². The Bertz CT molecular complexity index is 1300. The number of aromatic nitrogens is 3. The molecule has 2 aliphatic rings. The number of fused-ring (bicyclic) bond motifs is 2. The van der Waals surface area contributed by atoms with Crippen LogP contribution < -0.4 is 15.8 Å². The van der Waals surface area contributed by atoms with Crippen LogP contribution in [0.1, 0.15) is 37.3 Å². The fraction of sp³-hybridized carbons (Fsp3) is 0.480. The summed E-state index contributed by atoms with van der Waals surface area (Å²) in [5.41, 5.74) is 2.57. The normalized spacial score (nSPS) is 17.9. The maximum absolute atomic E-state index is 13.2. The Hall–Kier alpha value is -3.27.